The van der Waals surface area contributed by atoms with Gasteiger partial charge < -0.3 is 33.2 Å². The Labute approximate surface area is 264 Å². The molecule has 0 bridgehead atoms. The van der Waals surface area contributed by atoms with Crippen molar-refractivity contribution in [3.8, 4) is 17.2 Å². The Balaban J connectivity index is 1.49. The van der Waals surface area contributed by atoms with Gasteiger partial charge in [-0.15, -0.1) is 0 Å². The van der Waals surface area contributed by atoms with Crippen molar-refractivity contribution in [2.24, 2.45) is 0 Å². The third-order valence-electron chi connectivity index (χ3n) is 5.34. The summed E-state index contributed by atoms with van der Waals surface area (Å²) in [5.74, 6) is -2.10. The summed E-state index contributed by atoms with van der Waals surface area (Å²) in [5, 5.41) is 0. The van der Waals surface area contributed by atoms with Crippen molar-refractivity contribution in [3.63, 3.8) is 0 Å². The zero-order chi connectivity index (χ0) is 32.8. The molecule has 0 aliphatic carbocycles. The third kappa shape index (κ3) is 11.1. The Hall–Kier alpha value is -5.76. The van der Waals surface area contributed by atoms with Crippen molar-refractivity contribution in [1.82, 2.24) is 0 Å². The van der Waals surface area contributed by atoms with E-state index in [0.29, 0.717) is 15.6 Å². The van der Waals surface area contributed by atoms with Crippen molar-refractivity contribution >= 4 is 51.9 Å². The van der Waals surface area contributed by atoms with Crippen LogP contribution in [0.15, 0.2) is 96.5 Å². The monoisotopic (exact) mass is 682 g/mol. The first-order valence-electron chi connectivity index (χ1n) is 12.6. The minimum Gasteiger partial charge on any atom is -0.425 e. The van der Waals surface area contributed by atoms with Crippen LogP contribution >= 0.6 is 15.9 Å². The fourth-order valence-corrected chi connectivity index (χ4v) is 3.68. The van der Waals surface area contributed by atoms with E-state index >= 15 is 0 Å². The largest absolute Gasteiger partial charge is 0.516 e. The number of hydrogen-bond acceptors (Lipinski definition) is 13. The number of rotatable bonds is 13. The Morgan fingerprint density at radius 1 is 0.600 bits per heavy atom. The predicted octanol–water partition coefficient (Wildman–Crippen LogP) is 5.50. The summed E-state index contributed by atoms with van der Waals surface area (Å²) in [6, 6.07) is 15.8. The molecule has 0 atom stereocenters. The summed E-state index contributed by atoms with van der Waals surface area (Å²) in [6.07, 6.45) is -0.409. The van der Waals surface area contributed by atoms with E-state index in [0.717, 1.165) is 12.2 Å². The summed E-state index contributed by atoms with van der Waals surface area (Å²) in [5.41, 5.74) is 1.11. The summed E-state index contributed by atoms with van der Waals surface area (Å²) in [6.45, 7) is 5.11. The molecule has 0 saturated heterocycles. The van der Waals surface area contributed by atoms with Crippen LogP contribution in [0.5, 0.6) is 17.2 Å². The molecular formula is C31H23BrO13. The van der Waals surface area contributed by atoms with Crippen molar-refractivity contribution in [2.45, 2.75) is 6.42 Å². The first-order valence-corrected chi connectivity index (χ1v) is 13.4. The Bertz CT molecular complexity index is 1590. The Kier molecular flexibility index (Phi) is 12.6. The molecule has 0 saturated carbocycles. The molecule has 0 aliphatic heterocycles. The lowest BCUT2D eigenvalue weighted by Gasteiger charge is -2.09. The number of ketones is 1. The lowest BCUT2D eigenvalue weighted by Crippen LogP contribution is -2.15. The van der Waals surface area contributed by atoms with E-state index in [9.17, 15) is 28.8 Å². The molecule has 45 heavy (non-hydrogen) atoms. The summed E-state index contributed by atoms with van der Waals surface area (Å²) >= 11 is 3.39. The second-order valence-electron chi connectivity index (χ2n) is 8.35. The highest BCUT2D eigenvalue weighted by molar-refractivity contribution is 9.10. The van der Waals surface area contributed by atoms with Crippen LogP contribution in [0.4, 0.5) is 9.59 Å². The second kappa shape index (κ2) is 16.8. The molecule has 0 unspecified atom stereocenters. The van der Waals surface area contributed by atoms with Gasteiger partial charge in [-0.05, 0) is 66.2 Å². The van der Waals surface area contributed by atoms with Crippen LogP contribution in [-0.2, 0) is 35.0 Å². The first-order chi connectivity index (χ1) is 21.6. The number of carbonyl (C=O) groups excluding carboxylic acids is 6. The number of carbonyl (C=O) groups is 6. The van der Waals surface area contributed by atoms with Crippen LogP contribution in [-0.4, -0.2) is 49.6 Å². The zero-order valence-electron chi connectivity index (χ0n) is 23.2. The normalized spacial score (nSPS) is 9.98. The van der Waals surface area contributed by atoms with Gasteiger partial charge in [0.25, 0.3) is 0 Å². The van der Waals surface area contributed by atoms with E-state index in [1.54, 1.807) is 6.07 Å². The molecule has 0 aliphatic rings. The molecule has 0 fully saturated rings. The SMILES string of the molecule is C=CC(=O)OCOC(=O)Oc1ccc(C(=O)Cc2ccc(OC(=O)c3ccc(OC(=O)OCOC(=O)C=C)cc3)cc2Br)cc1. The highest BCUT2D eigenvalue weighted by atomic mass is 79.9. The van der Waals surface area contributed by atoms with Crippen LogP contribution in [0, 0.1) is 0 Å². The Morgan fingerprint density at radius 3 is 1.53 bits per heavy atom. The van der Waals surface area contributed by atoms with Crippen molar-refractivity contribution in [2.75, 3.05) is 13.6 Å². The van der Waals surface area contributed by atoms with E-state index in [4.69, 9.17) is 14.2 Å². The maximum atomic E-state index is 12.8. The molecule has 0 radical (unpaired) electrons. The van der Waals surface area contributed by atoms with Gasteiger partial charge in [0.2, 0.25) is 13.6 Å². The number of benzene rings is 3. The summed E-state index contributed by atoms with van der Waals surface area (Å²) < 4.78 is 34.0. The standard InChI is InChI=1S/C31H23BrO13/c1-3-27(34)39-17-41-30(37)44-22-10-5-19(6-11-22)26(33)15-21-9-14-24(16-25(21)32)43-29(36)20-7-12-23(13-8-20)45-31(38)42-18-40-28(35)4-2/h3-14,16H,1-2,15,17-18H2. The van der Waals surface area contributed by atoms with Gasteiger partial charge in [0, 0.05) is 28.6 Å². The zero-order valence-corrected chi connectivity index (χ0v) is 24.8. The van der Waals surface area contributed by atoms with E-state index in [1.165, 1.54) is 60.7 Å². The van der Waals surface area contributed by atoms with Gasteiger partial charge in [-0.1, -0.05) is 35.2 Å². The number of ether oxygens (including phenoxy) is 7. The van der Waals surface area contributed by atoms with Crippen LogP contribution in [0.2, 0.25) is 0 Å². The topological polar surface area (TPSA) is 167 Å². The molecule has 0 heterocycles. The lowest BCUT2D eigenvalue weighted by atomic mass is 10.0. The van der Waals surface area contributed by atoms with Crippen LogP contribution in [0.3, 0.4) is 0 Å². The van der Waals surface area contributed by atoms with Crippen molar-refractivity contribution < 1.29 is 61.9 Å². The van der Waals surface area contributed by atoms with Crippen molar-refractivity contribution in [3.05, 3.63) is 113 Å². The summed E-state index contributed by atoms with van der Waals surface area (Å²) in [7, 11) is 0. The average Bonchev–Trinajstić information content (AvgIpc) is 3.02. The van der Waals surface area contributed by atoms with Gasteiger partial charge >= 0.3 is 30.2 Å². The number of Topliss-reactive ketones (excluding diaryl/α,β-unsaturated/α-hetero) is 1. The van der Waals surface area contributed by atoms with Crippen LogP contribution in [0.25, 0.3) is 0 Å². The molecule has 3 rings (SSSR count). The van der Waals surface area contributed by atoms with Crippen molar-refractivity contribution in [1.29, 1.82) is 0 Å². The molecule has 0 amide bonds. The molecule has 3 aromatic carbocycles. The lowest BCUT2D eigenvalue weighted by molar-refractivity contribution is -0.147. The average molecular weight is 683 g/mol. The molecule has 232 valence electrons. The molecule has 3 aromatic rings. The third-order valence-corrected chi connectivity index (χ3v) is 6.08. The highest BCUT2D eigenvalue weighted by Crippen LogP contribution is 2.26. The maximum Gasteiger partial charge on any atom is 0.516 e. The molecule has 13 nitrogen and oxygen atoms in total. The van der Waals surface area contributed by atoms with Gasteiger partial charge in [0.1, 0.15) is 17.2 Å². The van der Waals surface area contributed by atoms with Crippen LogP contribution in [0.1, 0.15) is 26.3 Å². The molecule has 0 N–H and O–H groups in total. The van der Waals surface area contributed by atoms with Gasteiger partial charge in [-0.2, -0.15) is 0 Å². The van der Waals surface area contributed by atoms with Gasteiger partial charge in [0.15, 0.2) is 5.78 Å². The first kappa shape index (κ1) is 33.7. The van der Waals surface area contributed by atoms with Crippen LogP contribution < -0.4 is 14.2 Å². The van der Waals surface area contributed by atoms with E-state index in [1.807, 2.05) is 0 Å². The molecule has 0 spiro atoms. The smallest absolute Gasteiger partial charge is 0.425 e. The number of esters is 3. The predicted molar refractivity (Wildman–Crippen MR) is 157 cm³/mol. The molecule has 0 aromatic heterocycles. The Morgan fingerprint density at radius 2 is 1.07 bits per heavy atom. The molecule has 14 heteroatoms. The number of hydrogen-bond donors (Lipinski definition) is 0. The van der Waals surface area contributed by atoms with E-state index in [2.05, 4.69) is 48.0 Å². The minimum absolute atomic E-state index is 0.00626. The quantitative estimate of drug-likeness (QED) is 0.0554. The molecular weight excluding hydrogens is 660 g/mol. The van der Waals surface area contributed by atoms with Gasteiger partial charge in [0.05, 0.1) is 5.56 Å². The fourth-order valence-electron chi connectivity index (χ4n) is 3.18. The van der Waals surface area contributed by atoms with Gasteiger partial charge in [-0.3, -0.25) is 4.79 Å². The minimum atomic E-state index is -1.12. The maximum absolute atomic E-state index is 12.8. The van der Waals surface area contributed by atoms with Gasteiger partial charge in [-0.25, -0.2) is 24.0 Å². The second-order valence-corrected chi connectivity index (χ2v) is 9.21. The number of halogens is 1. The van der Waals surface area contributed by atoms with E-state index < -0.39 is 43.8 Å². The van der Waals surface area contributed by atoms with E-state index in [-0.39, 0.29) is 35.0 Å². The fraction of sp³-hybridized carbons (Fsp3) is 0.0968. The highest BCUT2D eigenvalue weighted by Gasteiger charge is 2.15. The summed E-state index contributed by atoms with van der Waals surface area (Å²) in [4.78, 5) is 70.6.